The lowest BCUT2D eigenvalue weighted by molar-refractivity contribution is -0.161. The fraction of sp³-hybridized carbons (Fsp3) is 0.945. The molecule has 0 amide bonds. The minimum atomic E-state index is -4.95. The van der Waals surface area contributed by atoms with E-state index in [2.05, 4.69) is 55.4 Å². The van der Waals surface area contributed by atoms with E-state index < -0.39 is 97.5 Å². The molecule has 0 radical (unpaired) electrons. The first kappa shape index (κ1) is 90.1. The number of ether oxygens (including phenoxy) is 4. The van der Waals surface area contributed by atoms with Gasteiger partial charge in [0, 0.05) is 25.7 Å². The largest absolute Gasteiger partial charge is 0.472 e. The maximum Gasteiger partial charge on any atom is 0.472 e. The molecular formula is C73H142O17P2. The molecule has 19 heteroatoms. The first-order chi connectivity index (χ1) is 44.1. The molecule has 0 saturated carbocycles. The number of carbonyl (C=O) groups is 4. The van der Waals surface area contributed by atoms with Gasteiger partial charge < -0.3 is 33.8 Å². The van der Waals surface area contributed by atoms with Gasteiger partial charge in [0.15, 0.2) is 12.2 Å². The van der Waals surface area contributed by atoms with E-state index in [9.17, 15) is 43.2 Å². The lowest BCUT2D eigenvalue weighted by Gasteiger charge is -2.21. The van der Waals surface area contributed by atoms with E-state index >= 15 is 0 Å². The summed E-state index contributed by atoms with van der Waals surface area (Å²) in [4.78, 5) is 72.6. The Labute approximate surface area is 562 Å². The molecule has 0 fully saturated rings. The lowest BCUT2D eigenvalue weighted by Crippen LogP contribution is -2.30. The van der Waals surface area contributed by atoms with Crippen LogP contribution >= 0.6 is 15.6 Å². The van der Waals surface area contributed by atoms with Crippen LogP contribution in [0.15, 0.2) is 0 Å². The third-order valence-electron chi connectivity index (χ3n) is 17.2. The second-order valence-electron chi connectivity index (χ2n) is 28.0. The zero-order chi connectivity index (χ0) is 68.2. The maximum absolute atomic E-state index is 13.0. The fourth-order valence-corrected chi connectivity index (χ4v) is 12.6. The third-order valence-corrected chi connectivity index (χ3v) is 19.1. The smallest absolute Gasteiger partial charge is 0.462 e. The molecular weight excluding hydrogens is 1210 g/mol. The highest BCUT2D eigenvalue weighted by atomic mass is 31.2. The molecule has 0 aliphatic rings. The molecule has 0 bridgehead atoms. The summed E-state index contributed by atoms with van der Waals surface area (Å²) in [5.41, 5.74) is 0. The van der Waals surface area contributed by atoms with Gasteiger partial charge in [-0.25, -0.2) is 9.13 Å². The van der Waals surface area contributed by atoms with Gasteiger partial charge in [-0.05, 0) is 49.4 Å². The average molecular weight is 1350 g/mol. The van der Waals surface area contributed by atoms with Crippen molar-refractivity contribution in [1.29, 1.82) is 0 Å². The van der Waals surface area contributed by atoms with Crippen molar-refractivity contribution in [3.63, 3.8) is 0 Å². The third kappa shape index (κ3) is 65.4. The van der Waals surface area contributed by atoms with Crippen LogP contribution in [-0.2, 0) is 65.4 Å². The predicted molar refractivity (Wildman–Crippen MR) is 372 cm³/mol. The molecule has 3 unspecified atom stereocenters. The molecule has 546 valence electrons. The van der Waals surface area contributed by atoms with Gasteiger partial charge in [0.1, 0.15) is 19.3 Å². The second kappa shape index (κ2) is 62.6. The molecule has 92 heavy (non-hydrogen) atoms. The number of aliphatic hydroxyl groups excluding tert-OH is 1. The van der Waals surface area contributed by atoms with Gasteiger partial charge in [-0.2, -0.15) is 0 Å². The Morgan fingerprint density at radius 1 is 0.304 bits per heavy atom. The molecule has 0 aromatic rings. The molecule has 0 aromatic carbocycles. The summed E-state index contributed by atoms with van der Waals surface area (Å²) in [7, 11) is -9.91. The van der Waals surface area contributed by atoms with Gasteiger partial charge in [-0.3, -0.25) is 37.3 Å². The van der Waals surface area contributed by atoms with E-state index in [-0.39, 0.29) is 25.7 Å². The summed E-state index contributed by atoms with van der Waals surface area (Å²) in [6, 6.07) is 0. The molecule has 0 heterocycles. The summed E-state index contributed by atoms with van der Waals surface area (Å²) >= 11 is 0. The van der Waals surface area contributed by atoms with Crippen molar-refractivity contribution in [3.8, 4) is 0 Å². The van der Waals surface area contributed by atoms with Gasteiger partial charge in [0.25, 0.3) is 0 Å². The van der Waals surface area contributed by atoms with Gasteiger partial charge in [0.2, 0.25) is 0 Å². The van der Waals surface area contributed by atoms with Crippen LogP contribution in [0.4, 0.5) is 0 Å². The highest BCUT2D eigenvalue weighted by molar-refractivity contribution is 7.47. The van der Waals surface area contributed by atoms with E-state index in [1.165, 1.54) is 161 Å². The highest BCUT2D eigenvalue weighted by Gasteiger charge is 2.30. The first-order valence-corrected chi connectivity index (χ1v) is 40.7. The molecule has 6 atom stereocenters. The number of phosphoric ester groups is 2. The average Bonchev–Trinajstić information content (AvgIpc) is 3.55. The topological polar surface area (TPSA) is 237 Å². The number of carbonyl (C=O) groups excluding carboxylic acids is 4. The van der Waals surface area contributed by atoms with Crippen molar-refractivity contribution in [2.45, 2.75) is 382 Å². The quantitative estimate of drug-likeness (QED) is 0.0222. The minimum absolute atomic E-state index is 0.105. The number of hydrogen-bond acceptors (Lipinski definition) is 15. The van der Waals surface area contributed by atoms with E-state index in [0.717, 1.165) is 114 Å². The lowest BCUT2D eigenvalue weighted by atomic mass is 9.99. The normalized spacial score (nSPS) is 14.5. The Bertz CT molecular complexity index is 1820. The van der Waals surface area contributed by atoms with Crippen LogP contribution in [-0.4, -0.2) is 96.7 Å². The van der Waals surface area contributed by atoms with Crippen LogP contribution in [0.5, 0.6) is 0 Å². The molecule has 3 N–H and O–H groups in total. The number of hydrogen-bond donors (Lipinski definition) is 3. The SMILES string of the molecule is CCC(C)CCCCCCCCCCCCCCCCC(=O)O[C@H](COC(=O)CCCCCCCCC(C)C)COP(=O)(O)OC[C@H](O)COP(=O)(O)OC[C@@H](COC(=O)CCCCCCCCCCCCC(C)C)OC(=O)CCCCCCCCCCCC(C)C. The fourth-order valence-electron chi connectivity index (χ4n) is 11.0. The van der Waals surface area contributed by atoms with Crippen LogP contribution in [0.2, 0.25) is 0 Å². The van der Waals surface area contributed by atoms with E-state index in [0.29, 0.717) is 31.6 Å². The summed E-state index contributed by atoms with van der Waals surface area (Å²) < 4.78 is 68.4. The first-order valence-electron chi connectivity index (χ1n) is 37.7. The van der Waals surface area contributed by atoms with Crippen LogP contribution < -0.4 is 0 Å². The van der Waals surface area contributed by atoms with E-state index in [1.54, 1.807) is 0 Å². The summed E-state index contributed by atoms with van der Waals surface area (Å²) in [5.74, 6) is 0.893. The van der Waals surface area contributed by atoms with E-state index in [1.807, 2.05) is 0 Å². The molecule has 0 rings (SSSR count). The molecule has 0 spiro atoms. The molecule has 0 saturated heterocycles. The summed E-state index contributed by atoms with van der Waals surface area (Å²) in [5, 5.41) is 10.6. The molecule has 0 aromatic heterocycles. The number of rotatable bonds is 70. The van der Waals surface area contributed by atoms with Gasteiger partial charge in [0.05, 0.1) is 26.4 Å². The second-order valence-corrected chi connectivity index (χ2v) is 30.9. The van der Waals surface area contributed by atoms with Crippen LogP contribution in [0.25, 0.3) is 0 Å². The van der Waals surface area contributed by atoms with Gasteiger partial charge in [-0.1, -0.05) is 312 Å². The standard InChI is InChI=1S/C73H142O17P2/c1-9-66(8)52-44-36-27-21-14-12-10-11-13-15-23-29-39-47-55-72(77)90-69(60-84-71(76)54-46-38-32-31-35-43-51-65(6)7)62-88-92(81,82)86-58-67(74)57-85-91(79,80)87-61-68(89-73(78)56-48-40-30-24-18-20-26-34-42-50-64(4)5)59-83-70(75)53-45-37-28-22-17-16-19-25-33-41-49-63(2)3/h63-69,74H,9-62H2,1-8H3,(H,79,80)(H,81,82)/t66?,67-,68-,69-/m1/s1. The van der Waals surface area contributed by atoms with Gasteiger partial charge in [-0.15, -0.1) is 0 Å². The number of phosphoric acid groups is 2. The van der Waals surface area contributed by atoms with E-state index in [4.69, 9.17) is 37.0 Å². The maximum atomic E-state index is 13.0. The number of unbranched alkanes of at least 4 members (excludes halogenated alkanes) is 35. The minimum Gasteiger partial charge on any atom is -0.462 e. The molecule has 0 aliphatic heterocycles. The number of esters is 4. The highest BCUT2D eigenvalue weighted by Crippen LogP contribution is 2.45. The Hall–Kier alpha value is -1.94. The zero-order valence-electron chi connectivity index (χ0n) is 60.2. The zero-order valence-corrected chi connectivity index (χ0v) is 62.0. The number of aliphatic hydroxyl groups is 1. The monoisotopic (exact) mass is 1350 g/mol. The van der Waals surface area contributed by atoms with Gasteiger partial charge >= 0.3 is 39.5 Å². The van der Waals surface area contributed by atoms with Crippen molar-refractivity contribution < 1.29 is 80.2 Å². The van der Waals surface area contributed by atoms with Crippen molar-refractivity contribution in [2.75, 3.05) is 39.6 Å². The van der Waals surface area contributed by atoms with Crippen LogP contribution in [0.1, 0.15) is 364 Å². The Kier molecular flexibility index (Phi) is 61.3. The predicted octanol–water partition coefficient (Wildman–Crippen LogP) is 20.9. The Balaban J connectivity index is 5.22. The van der Waals surface area contributed by atoms with Crippen molar-refractivity contribution in [3.05, 3.63) is 0 Å². The van der Waals surface area contributed by atoms with Crippen molar-refractivity contribution >= 4 is 39.5 Å². The van der Waals surface area contributed by atoms with Crippen molar-refractivity contribution in [1.82, 2.24) is 0 Å². The Morgan fingerprint density at radius 3 is 0.772 bits per heavy atom. The molecule has 17 nitrogen and oxygen atoms in total. The van der Waals surface area contributed by atoms with Crippen LogP contribution in [0, 0.1) is 23.7 Å². The summed E-state index contributed by atoms with van der Waals surface area (Å²) in [6.07, 6.45) is 45.9. The van der Waals surface area contributed by atoms with Crippen molar-refractivity contribution in [2.24, 2.45) is 23.7 Å². The Morgan fingerprint density at radius 2 is 0.522 bits per heavy atom. The molecule has 0 aliphatic carbocycles. The van der Waals surface area contributed by atoms with Crippen LogP contribution in [0.3, 0.4) is 0 Å². The summed E-state index contributed by atoms with van der Waals surface area (Å²) in [6.45, 7) is 14.1.